The van der Waals surface area contributed by atoms with Gasteiger partial charge in [0.2, 0.25) is 0 Å². The van der Waals surface area contributed by atoms with Crippen molar-refractivity contribution in [2.75, 3.05) is 18.2 Å². The van der Waals surface area contributed by atoms with Crippen molar-refractivity contribution < 1.29 is 9.53 Å². The molecule has 0 atom stereocenters. The normalized spacial score (nSPS) is 10.1. The Labute approximate surface area is 116 Å². The molecule has 104 valence electrons. The third kappa shape index (κ3) is 2.97. The van der Waals surface area contributed by atoms with Gasteiger partial charge in [-0.3, -0.25) is 4.79 Å². The summed E-state index contributed by atoms with van der Waals surface area (Å²) in [6.45, 7) is 0.478. The predicted molar refractivity (Wildman–Crippen MR) is 77.5 cm³/mol. The Bertz CT molecular complexity index is 628. The highest BCUT2D eigenvalue weighted by Gasteiger charge is 2.08. The number of hydrogen-bond donors (Lipinski definition) is 3. The van der Waals surface area contributed by atoms with E-state index in [1.54, 1.807) is 37.6 Å². The second kappa shape index (κ2) is 5.92. The molecule has 0 fully saturated rings. The van der Waals surface area contributed by atoms with E-state index >= 15 is 0 Å². The van der Waals surface area contributed by atoms with Crippen molar-refractivity contribution in [1.29, 1.82) is 0 Å². The molecule has 0 spiro atoms. The zero-order valence-corrected chi connectivity index (χ0v) is 11.1. The summed E-state index contributed by atoms with van der Waals surface area (Å²) < 4.78 is 5.09. The zero-order chi connectivity index (χ0) is 14.5. The Morgan fingerprint density at radius 2 is 2.20 bits per heavy atom. The van der Waals surface area contributed by atoms with Crippen molar-refractivity contribution in [2.24, 2.45) is 5.73 Å². The molecular formula is C14H16N4O2. The molecule has 2 rings (SSSR count). The van der Waals surface area contributed by atoms with Gasteiger partial charge >= 0.3 is 0 Å². The lowest BCUT2D eigenvalue weighted by Crippen LogP contribution is -2.15. The molecule has 6 nitrogen and oxygen atoms in total. The third-order valence-electron chi connectivity index (χ3n) is 2.83. The number of nitrogens with two attached hydrogens (primary N) is 2. The van der Waals surface area contributed by atoms with Crippen molar-refractivity contribution >= 4 is 17.4 Å². The SMILES string of the molecule is COc1ccc(CNc2ncccc2C(N)=O)cc1N. The maximum atomic E-state index is 11.3. The minimum atomic E-state index is -0.519. The van der Waals surface area contributed by atoms with Crippen LogP contribution < -0.4 is 21.5 Å². The topological polar surface area (TPSA) is 103 Å². The summed E-state index contributed by atoms with van der Waals surface area (Å²) in [5, 5.41) is 3.07. The van der Waals surface area contributed by atoms with Gasteiger partial charge in [0.1, 0.15) is 11.6 Å². The van der Waals surface area contributed by atoms with Gasteiger partial charge in [-0.05, 0) is 29.8 Å². The van der Waals surface area contributed by atoms with Crippen molar-refractivity contribution in [3.05, 3.63) is 47.7 Å². The van der Waals surface area contributed by atoms with Gasteiger partial charge < -0.3 is 21.5 Å². The molecule has 0 bridgehead atoms. The zero-order valence-electron chi connectivity index (χ0n) is 11.1. The molecule has 0 aliphatic carbocycles. The van der Waals surface area contributed by atoms with Crippen LogP contribution in [0.3, 0.4) is 0 Å². The molecule has 0 unspecified atom stereocenters. The molecule has 1 heterocycles. The smallest absolute Gasteiger partial charge is 0.252 e. The van der Waals surface area contributed by atoms with Gasteiger partial charge in [0.05, 0.1) is 18.4 Å². The van der Waals surface area contributed by atoms with Gasteiger partial charge in [0.25, 0.3) is 5.91 Å². The van der Waals surface area contributed by atoms with Gasteiger partial charge in [-0.15, -0.1) is 0 Å². The van der Waals surface area contributed by atoms with E-state index in [0.29, 0.717) is 29.4 Å². The summed E-state index contributed by atoms with van der Waals surface area (Å²) in [5.41, 5.74) is 13.0. The molecule has 1 aromatic heterocycles. The predicted octanol–water partition coefficient (Wildman–Crippen LogP) is 1.38. The fourth-order valence-corrected chi connectivity index (χ4v) is 1.82. The molecule has 0 radical (unpaired) electrons. The standard InChI is InChI=1S/C14H16N4O2/c1-20-12-5-4-9(7-11(12)15)8-18-14-10(13(16)19)3-2-6-17-14/h2-7H,8,15H2,1H3,(H2,16,19)(H,17,18). The van der Waals surface area contributed by atoms with E-state index in [1.165, 1.54) is 0 Å². The maximum absolute atomic E-state index is 11.3. The van der Waals surface area contributed by atoms with E-state index in [0.717, 1.165) is 5.56 Å². The van der Waals surface area contributed by atoms with Gasteiger partial charge in [-0.25, -0.2) is 4.98 Å². The number of primary amides is 1. The highest BCUT2D eigenvalue weighted by Crippen LogP contribution is 2.22. The number of nitrogens with one attached hydrogen (secondary N) is 1. The van der Waals surface area contributed by atoms with Crippen LogP contribution in [0.25, 0.3) is 0 Å². The largest absolute Gasteiger partial charge is 0.495 e. The Morgan fingerprint density at radius 1 is 1.40 bits per heavy atom. The van der Waals surface area contributed by atoms with Gasteiger partial charge in [0.15, 0.2) is 0 Å². The number of carbonyl (C=O) groups excluding carboxylic acids is 1. The number of amides is 1. The Morgan fingerprint density at radius 3 is 2.85 bits per heavy atom. The van der Waals surface area contributed by atoms with E-state index < -0.39 is 5.91 Å². The summed E-state index contributed by atoms with van der Waals surface area (Å²) in [6, 6.07) is 8.77. The highest BCUT2D eigenvalue weighted by molar-refractivity contribution is 5.97. The number of carbonyl (C=O) groups is 1. The Kier molecular flexibility index (Phi) is 4.05. The second-order valence-electron chi connectivity index (χ2n) is 4.19. The molecule has 1 amide bonds. The van der Waals surface area contributed by atoms with Gasteiger partial charge in [-0.2, -0.15) is 0 Å². The monoisotopic (exact) mass is 272 g/mol. The van der Waals surface area contributed by atoms with Crippen LogP contribution in [-0.4, -0.2) is 18.0 Å². The highest BCUT2D eigenvalue weighted by atomic mass is 16.5. The number of pyridine rings is 1. The quantitative estimate of drug-likeness (QED) is 0.713. The van der Waals surface area contributed by atoms with Crippen LogP contribution in [0.1, 0.15) is 15.9 Å². The van der Waals surface area contributed by atoms with E-state index in [9.17, 15) is 4.79 Å². The van der Waals surface area contributed by atoms with Crippen molar-refractivity contribution in [3.8, 4) is 5.75 Å². The fraction of sp³-hybridized carbons (Fsp3) is 0.143. The number of methoxy groups -OCH3 is 1. The molecule has 2 aromatic rings. The van der Waals surface area contributed by atoms with Crippen LogP contribution in [0.2, 0.25) is 0 Å². The van der Waals surface area contributed by atoms with Gasteiger partial charge in [0, 0.05) is 12.7 Å². The number of ether oxygens (including phenoxy) is 1. The summed E-state index contributed by atoms with van der Waals surface area (Å²) in [5.74, 6) is 0.564. The minimum absolute atomic E-state index is 0.356. The average Bonchev–Trinajstić information content (AvgIpc) is 2.45. The van der Waals surface area contributed by atoms with Crippen LogP contribution in [0.15, 0.2) is 36.5 Å². The summed E-state index contributed by atoms with van der Waals surface area (Å²) in [6.07, 6.45) is 1.59. The molecule has 6 heteroatoms. The Hall–Kier alpha value is -2.76. The number of nitrogens with zero attached hydrogens (tertiary/aromatic N) is 1. The van der Waals surface area contributed by atoms with E-state index in [1.807, 2.05) is 6.07 Å². The first-order valence-electron chi connectivity index (χ1n) is 6.03. The molecule has 0 saturated heterocycles. The second-order valence-corrected chi connectivity index (χ2v) is 4.19. The maximum Gasteiger partial charge on any atom is 0.252 e. The first-order valence-corrected chi connectivity index (χ1v) is 6.03. The average molecular weight is 272 g/mol. The minimum Gasteiger partial charge on any atom is -0.495 e. The lowest BCUT2D eigenvalue weighted by atomic mass is 10.2. The Balaban J connectivity index is 2.13. The number of anilines is 2. The summed E-state index contributed by atoms with van der Waals surface area (Å²) >= 11 is 0. The van der Waals surface area contributed by atoms with Crippen molar-refractivity contribution in [1.82, 2.24) is 4.98 Å². The lowest BCUT2D eigenvalue weighted by Gasteiger charge is -2.10. The van der Waals surface area contributed by atoms with Crippen molar-refractivity contribution in [2.45, 2.75) is 6.54 Å². The first-order chi connectivity index (χ1) is 9.61. The van der Waals surface area contributed by atoms with E-state index in [2.05, 4.69) is 10.3 Å². The van der Waals surface area contributed by atoms with Gasteiger partial charge in [-0.1, -0.05) is 6.07 Å². The first kappa shape index (κ1) is 13.7. The van der Waals surface area contributed by atoms with Crippen LogP contribution in [0.4, 0.5) is 11.5 Å². The number of benzene rings is 1. The molecule has 0 saturated carbocycles. The molecular weight excluding hydrogens is 256 g/mol. The van der Waals surface area contributed by atoms with Crippen LogP contribution in [0.5, 0.6) is 5.75 Å². The fourth-order valence-electron chi connectivity index (χ4n) is 1.82. The third-order valence-corrected chi connectivity index (χ3v) is 2.83. The van der Waals surface area contributed by atoms with E-state index in [-0.39, 0.29) is 0 Å². The number of aromatic nitrogens is 1. The molecule has 0 aliphatic rings. The molecule has 5 N–H and O–H groups in total. The summed E-state index contributed by atoms with van der Waals surface area (Å²) in [7, 11) is 1.57. The molecule has 1 aromatic carbocycles. The number of nitrogen functional groups attached to an aromatic ring is 1. The van der Waals surface area contributed by atoms with Crippen LogP contribution in [-0.2, 0) is 6.54 Å². The number of rotatable bonds is 5. The number of hydrogen-bond acceptors (Lipinski definition) is 5. The van der Waals surface area contributed by atoms with Crippen LogP contribution in [0, 0.1) is 0 Å². The molecule has 20 heavy (non-hydrogen) atoms. The summed E-state index contributed by atoms with van der Waals surface area (Å²) in [4.78, 5) is 15.4. The lowest BCUT2D eigenvalue weighted by molar-refractivity contribution is 0.100. The van der Waals surface area contributed by atoms with Crippen LogP contribution >= 0.6 is 0 Å². The van der Waals surface area contributed by atoms with E-state index in [4.69, 9.17) is 16.2 Å². The van der Waals surface area contributed by atoms with Crippen molar-refractivity contribution in [3.63, 3.8) is 0 Å². The molecule has 0 aliphatic heterocycles.